The summed E-state index contributed by atoms with van der Waals surface area (Å²) in [5.41, 5.74) is 2.46. The van der Waals surface area contributed by atoms with E-state index in [1.54, 1.807) is 18.2 Å². The lowest BCUT2D eigenvalue weighted by molar-refractivity contribution is -0.123. The number of nitrogens with zero attached hydrogens (tertiary/aromatic N) is 1. The Labute approximate surface area is 151 Å². The molecule has 1 N–H and O–H groups in total. The Morgan fingerprint density at radius 2 is 1.67 bits per heavy atom. The van der Waals surface area contributed by atoms with Gasteiger partial charge in [0.15, 0.2) is 0 Å². The van der Waals surface area contributed by atoms with Crippen molar-refractivity contribution >= 4 is 40.7 Å². The zero-order valence-corrected chi connectivity index (χ0v) is 15.0. The fourth-order valence-electron chi connectivity index (χ4n) is 2.30. The summed E-state index contributed by atoms with van der Waals surface area (Å²) in [5.74, 6) is -0.597. The summed E-state index contributed by atoms with van der Waals surface area (Å²) in [7, 11) is 0. The number of carbonyl (C=O) groups is 2. The van der Waals surface area contributed by atoms with Gasteiger partial charge in [-0.1, -0.05) is 53.5 Å². The predicted octanol–water partition coefficient (Wildman–Crippen LogP) is 3.97. The van der Waals surface area contributed by atoms with E-state index in [9.17, 15) is 9.59 Å². The number of anilines is 1. The lowest BCUT2D eigenvalue weighted by atomic mass is 10.1. The highest BCUT2D eigenvalue weighted by atomic mass is 35.5. The number of halogens is 2. The molecule has 4 nitrogen and oxygen atoms in total. The number of hydrogen-bond acceptors (Lipinski definition) is 2. The fourth-order valence-corrected chi connectivity index (χ4v) is 2.90. The van der Waals surface area contributed by atoms with Gasteiger partial charge >= 0.3 is 0 Å². The highest BCUT2D eigenvalue weighted by Gasteiger charge is 2.20. The van der Waals surface area contributed by atoms with Gasteiger partial charge in [0.2, 0.25) is 11.8 Å². The molecule has 0 aliphatic rings. The fraction of sp³-hybridized carbons (Fsp3) is 0.222. The standard InChI is InChI=1S/C18H18Cl2N2O2/c1-12-6-3-4-7-14(12)10-21-17(24)11-22(13(2)23)18-15(19)8-5-9-16(18)20/h3-9H,10-11H2,1-2H3,(H,21,24). The van der Waals surface area contributed by atoms with Crippen LogP contribution in [0.1, 0.15) is 18.1 Å². The predicted molar refractivity (Wildman–Crippen MR) is 97.5 cm³/mol. The minimum absolute atomic E-state index is 0.148. The van der Waals surface area contributed by atoms with Gasteiger partial charge in [-0.3, -0.25) is 9.59 Å². The van der Waals surface area contributed by atoms with E-state index in [4.69, 9.17) is 23.2 Å². The Morgan fingerprint density at radius 3 is 2.25 bits per heavy atom. The molecule has 0 aliphatic carbocycles. The van der Waals surface area contributed by atoms with E-state index < -0.39 is 0 Å². The van der Waals surface area contributed by atoms with E-state index in [1.807, 2.05) is 31.2 Å². The largest absolute Gasteiger partial charge is 0.350 e. The summed E-state index contributed by atoms with van der Waals surface area (Å²) in [6, 6.07) is 12.7. The molecule has 0 bridgehead atoms. The van der Waals surface area contributed by atoms with Crippen LogP contribution in [0.3, 0.4) is 0 Å². The van der Waals surface area contributed by atoms with Crippen molar-refractivity contribution in [3.63, 3.8) is 0 Å². The first-order valence-electron chi connectivity index (χ1n) is 7.43. The molecule has 0 unspecified atom stereocenters. The van der Waals surface area contributed by atoms with Crippen molar-refractivity contribution in [2.75, 3.05) is 11.4 Å². The van der Waals surface area contributed by atoms with Crippen LogP contribution >= 0.6 is 23.2 Å². The molecule has 0 spiro atoms. The van der Waals surface area contributed by atoms with Crippen LogP contribution in [-0.4, -0.2) is 18.4 Å². The van der Waals surface area contributed by atoms with Crippen molar-refractivity contribution in [3.8, 4) is 0 Å². The monoisotopic (exact) mass is 364 g/mol. The number of hydrogen-bond donors (Lipinski definition) is 1. The average Bonchev–Trinajstić information content (AvgIpc) is 2.52. The molecule has 0 atom stereocenters. The molecule has 0 aromatic heterocycles. The van der Waals surface area contributed by atoms with Gasteiger partial charge in [0, 0.05) is 13.5 Å². The number of amides is 2. The van der Waals surface area contributed by atoms with E-state index >= 15 is 0 Å². The molecule has 0 fully saturated rings. The molecule has 2 amide bonds. The van der Waals surface area contributed by atoms with Gasteiger partial charge in [-0.05, 0) is 30.2 Å². The van der Waals surface area contributed by atoms with Crippen LogP contribution in [0.15, 0.2) is 42.5 Å². The first kappa shape index (κ1) is 18.3. The highest BCUT2D eigenvalue weighted by Crippen LogP contribution is 2.33. The molecule has 2 rings (SSSR count). The molecule has 0 aliphatic heterocycles. The van der Waals surface area contributed by atoms with Gasteiger partial charge in [-0.2, -0.15) is 0 Å². The zero-order valence-electron chi connectivity index (χ0n) is 13.5. The third-order valence-corrected chi connectivity index (χ3v) is 4.24. The zero-order chi connectivity index (χ0) is 17.7. The van der Waals surface area contributed by atoms with Gasteiger partial charge in [0.05, 0.1) is 15.7 Å². The Bertz CT molecular complexity index is 742. The summed E-state index contributed by atoms with van der Waals surface area (Å²) in [5, 5.41) is 3.46. The molecule has 0 saturated carbocycles. The second-order valence-electron chi connectivity index (χ2n) is 5.38. The third kappa shape index (κ3) is 4.49. The summed E-state index contributed by atoms with van der Waals surface area (Å²) >= 11 is 12.3. The summed E-state index contributed by atoms with van der Waals surface area (Å²) in [6.07, 6.45) is 0. The van der Waals surface area contributed by atoms with E-state index in [1.165, 1.54) is 11.8 Å². The topological polar surface area (TPSA) is 49.4 Å². The second-order valence-corrected chi connectivity index (χ2v) is 6.19. The van der Waals surface area contributed by atoms with Crippen molar-refractivity contribution in [1.82, 2.24) is 5.32 Å². The molecule has 0 radical (unpaired) electrons. The molecule has 0 saturated heterocycles. The number of nitrogens with one attached hydrogen (secondary N) is 1. The number of benzene rings is 2. The van der Waals surface area contributed by atoms with E-state index in [2.05, 4.69) is 5.32 Å². The molecule has 0 heterocycles. The highest BCUT2D eigenvalue weighted by molar-refractivity contribution is 6.40. The first-order chi connectivity index (χ1) is 11.4. The van der Waals surface area contributed by atoms with E-state index in [0.29, 0.717) is 22.3 Å². The minimum Gasteiger partial charge on any atom is -0.350 e. The third-order valence-electron chi connectivity index (χ3n) is 3.63. The normalized spacial score (nSPS) is 10.3. The van der Waals surface area contributed by atoms with Crippen LogP contribution in [0.5, 0.6) is 0 Å². The van der Waals surface area contributed by atoms with E-state index in [0.717, 1.165) is 11.1 Å². The number of para-hydroxylation sites is 1. The smallest absolute Gasteiger partial charge is 0.240 e. The van der Waals surface area contributed by atoms with Gasteiger partial charge in [-0.25, -0.2) is 0 Å². The van der Waals surface area contributed by atoms with Gasteiger partial charge in [-0.15, -0.1) is 0 Å². The van der Waals surface area contributed by atoms with Gasteiger partial charge < -0.3 is 10.2 Å². The molecule has 2 aromatic carbocycles. The molecular weight excluding hydrogens is 347 g/mol. The lowest BCUT2D eigenvalue weighted by Crippen LogP contribution is -2.40. The molecule has 2 aromatic rings. The maximum absolute atomic E-state index is 12.2. The van der Waals surface area contributed by atoms with Crippen molar-refractivity contribution in [2.24, 2.45) is 0 Å². The Morgan fingerprint density at radius 1 is 1.04 bits per heavy atom. The second kappa shape index (κ2) is 8.18. The minimum atomic E-state index is -0.309. The lowest BCUT2D eigenvalue weighted by Gasteiger charge is -2.23. The van der Waals surface area contributed by atoms with Crippen molar-refractivity contribution in [1.29, 1.82) is 0 Å². The van der Waals surface area contributed by atoms with Crippen LogP contribution in [0.4, 0.5) is 5.69 Å². The van der Waals surface area contributed by atoms with Crippen LogP contribution in [0.25, 0.3) is 0 Å². The maximum atomic E-state index is 12.2. The van der Waals surface area contributed by atoms with Crippen LogP contribution in [0, 0.1) is 6.92 Å². The number of rotatable bonds is 5. The Hall–Kier alpha value is -2.04. The van der Waals surface area contributed by atoms with Crippen LogP contribution < -0.4 is 10.2 Å². The SMILES string of the molecule is CC(=O)N(CC(=O)NCc1ccccc1C)c1c(Cl)cccc1Cl. The maximum Gasteiger partial charge on any atom is 0.240 e. The van der Waals surface area contributed by atoms with Crippen molar-refractivity contribution in [2.45, 2.75) is 20.4 Å². The van der Waals surface area contributed by atoms with Crippen LogP contribution in [0.2, 0.25) is 10.0 Å². The van der Waals surface area contributed by atoms with E-state index in [-0.39, 0.29) is 18.4 Å². The van der Waals surface area contributed by atoms with Crippen molar-refractivity contribution in [3.05, 3.63) is 63.6 Å². The first-order valence-corrected chi connectivity index (χ1v) is 8.19. The Kier molecular flexibility index (Phi) is 6.23. The quantitative estimate of drug-likeness (QED) is 0.872. The van der Waals surface area contributed by atoms with Crippen LogP contribution in [-0.2, 0) is 16.1 Å². The molecule has 126 valence electrons. The molecule has 6 heteroatoms. The molecular formula is C18H18Cl2N2O2. The summed E-state index contributed by atoms with van der Waals surface area (Å²) in [6.45, 7) is 3.60. The Balaban J connectivity index is 2.10. The number of carbonyl (C=O) groups excluding carboxylic acids is 2. The van der Waals surface area contributed by atoms with Crippen molar-refractivity contribution < 1.29 is 9.59 Å². The summed E-state index contributed by atoms with van der Waals surface area (Å²) in [4.78, 5) is 25.5. The number of aryl methyl sites for hydroxylation is 1. The van der Waals surface area contributed by atoms with Gasteiger partial charge in [0.25, 0.3) is 0 Å². The summed E-state index contributed by atoms with van der Waals surface area (Å²) < 4.78 is 0. The average molecular weight is 365 g/mol. The molecule has 24 heavy (non-hydrogen) atoms. The van der Waals surface area contributed by atoms with Gasteiger partial charge in [0.1, 0.15) is 6.54 Å².